The van der Waals surface area contributed by atoms with Gasteiger partial charge < -0.3 is 15.1 Å². The molecule has 1 aliphatic carbocycles. The van der Waals surface area contributed by atoms with Crippen LogP contribution in [0.3, 0.4) is 0 Å². The second kappa shape index (κ2) is 8.78. The van der Waals surface area contributed by atoms with Gasteiger partial charge in [0, 0.05) is 44.6 Å². The van der Waals surface area contributed by atoms with Gasteiger partial charge in [-0.15, -0.1) is 0 Å². The van der Waals surface area contributed by atoms with Gasteiger partial charge in [0.1, 0.15) is 5.69 Å². The minimum absolute atomic E-state index is 0.150. The molecular formula is C22H29N5O2. The van der Waals surface area contributed by atoms with Crippen molar-refractivity contribution in [2.24, 2.45) is 5.92 Å². The Morgan fingerprint density at radius 2 is 1.79 bits per heavy atom. The fraction of sp³-hybridized carbons (Fsp3) is 0.500. The van der Waals surface area contributed by atoms with E-state index in [2.05, 4.69) is 22.4 Å². The molecule has 1 saturated carbocycles. The zero-order valence-electron chi connectivity index (χ0n) is 17.0. The number of benzene rings is 1. The number of hydrogen-bond acceptors (Lipinski definition) is 4. The van der Waals surface area contributed by atoms with Gasteiger partial charge in [-0.05, 0) is 49.6 Å². The normalized spacial score (nSPS) is 17.8. The van der Waals surface area contributed by atoms with Crippen molar-refractivity contribution in [3.63, 3.8) is 0 Å². The van der Waals surface area contributed by atoms with Crippen LogP contribution in [-0.2, 0) is 17.8 Å². The summed E-state index contributed by atoms with van der Waals surface area (Å²) in [7, 11) is 2.08. The average molecular weight is 396 g/mol. The van der Waals surface area contributed by atoms with Gasteiger partial charge in [-0.25, -0.2) is 0 Å². The molecule has 154 valence electrons. The fourth-order valence-corrected chi connectivity index (χ4v) is 3.83. The molecule has 0 spiro atoms. The maximum absolute atomic E-state index is 12.6. The van der Waals surface area contributed by atoms with Crippen LogP contribution in [0.5, 0.6) is 0 Å². The van der Waals surface area contributed by atoms with E-state index in [0.717, 1.165) is 44.0 Å². The molecule has 7 heteroatoms. The summed E-state index contributed by atoms with van der Waals surface area (Å²) >= 11 is 0. The van der Waals surface area contributed by atoms with Crippen molar-refractivity contribution in [3.05, 3.63) is 47.8 Å². The molecule has 2 heterocycles. The molecule has 7 nitrogen and oxygen atoms in total. The fourth-order valence-electron chi connectivity index (χ4n) is 3.83. The lowest BCUT2D eigenvalue weighted by molar-refractivity contribution is -0.132. The number of likely N-dealkylation sites (N-methyl/N-ethyl adjacent to an activating group) is 1. The smallest absolute Gasteiger partial charge is 0.273 e. The van der Waals surface area contributed by atoms with Gasteiger partial charge in [0.05, 0.1) is 6.42 Å². The highest BCUT2D eigenvalue weighted by Gasteiger charge is 2.21. The highest BCUT2D eigenvalue weighted by molar-refractivity contribution is 6.03. The second-order valence-electron chi connectivity index (χ2n) is 8.21. The van der Waals surface area contributed by atoms with E-state index < -0.39 is 0 Å². The van der Waals surface area contributed by atoms with Crippen molar-refractivity contribution in [3.8, 4) is 0 Å². The highest BCUT2D eigenvalue weighted by atomic mass is 16.2. The Labute approximate surface area is 171 Å². The number of carbonyl (C=O) groups excluding carboxylic acids is 2. The predicted molar refractivity (Wildman–Crippen MR) is 112 cm³/mol. The minimum Gasteiger partial charge on any atom is -0.340 e. The van der Waals surface area contributed by atoms with Crippen LogP contribution >= 0.6 is 0 Å². The summed E-state index contributed by atoms with van der Waals surface area (Å²) in [5.74, 6) is 0.649. The van der Waals surface area contributed by atoms with Gasteiger partial charge in [0.15, 0.2) is 0 Å². The topological polar surface area (TPSA) is 70.5 Å². The number of aromatic nitrogens is 2. The Kier molecular flexibility index (Phi) is 5.94. The van der Waals surface area contributed by atoms with Gasteiger partial charge in [0.2, 0.25) is 5.91 Å². The van der Waals surface area contributed by atoms with Crippen molar-refractivity contribution in [1.82, 2.24) is 19.6 Å². The number of amides is 2. The van der Waals surface area contributed by atoms with Crippen LogP contribution < -0.4 is 5.32 Å². The lowest BCUT2D eigenvalue weighted by atomic mass is 9.85. The first kappa shape index (κ1) is 19.6. The number of nitrogens with one attached hydrogen (secondary N) is 1. The molecule has 1 N–H and O–H groups in total. The lowest BCUT2D eigenvalue weighted by Crippen LogP contribution is -2.47. The largest absolute Gasteiger partial charge is 0.340 e. The van der Waals surface area contributed by atoms with Crippen molar-refractivity contribution < 1.29 is 9.59 Å². The molecule has 1 aromatic carbocycles. The summed E-state index contributed by atoms with van der Waals surface area (Å²) in [5, 5.41) is 7.25. The van der Waals surface area contributed by atoms with Crippen LogP contribution in [0, 0.1) is 5.92 Å². The molecule has 1 aromatic heterocycles. The molecule has 4 rings (SSSR count). The van der Waals surface area contributed by atoms with Crippen molar-refractivity contribution in [2.75, 3.05) is 38.5 Å². The third kappa shape index (κ3) is 4.85. The van der Waals surface area contributed by atoms with Gasteiger partial charge >= 0.3 is 0 Å². The maximum Gasteiger partial charge on any atom is 0.273 e. The monoisotopic (exact) mass is 395 g/mol. The van der Waals surface area contributed by atoms with Crippen LogP contribution in [0.1, 0.15) is 35.3 Å². The van der Waals surface area contributed by atoms with E-state index in [4.69, 9.17) is 0 Å². The Bertz CT molecular complexity index is 848. The number of carbonyl (C=O) groups is 2. The van der Waals surface area contributed by atoms with Gasteiger partial charge in [-0.1, -0.05) is 18.6 Å². The molecule has 2 aromatic rings. The van der Waals surface area contributed by atoms with Gasteiger partial charge in [-0.3, -0.25) is 14.3 Å². The third-order valence-corrected chi connectivity index (χ3v) is 6.03. The Hall–Kier alpha value is -2.67. The molecule has 1 aliphatic heterocycles. The zero-order valence-corrected chi connectivity index (χ0v) is 17.0. The highest BCUT2D eigenvalue weighted by Crippen LogP contribution is 2.28. The Balaban J connectivity index is 1.32. The Morgan fingerprint density at radius 1 is 1.07 bits per heavy atom. The molecule has 0 radical (unpaired) electrons. The van der Waals surface area contributed by atoms with E-state index in [-0.39, 0.29) is 11.8 Å². The molecular weight excluding hydrogens is 366 g/mol. The maximum atomic E-state index is 12.6. The van der Waals surface area contributed by atoms with Crippen LogP contribution in [-0.4, -0.2) is 64.6 Å². The number of hydrogen-bond donors (Lipinski definition) is 1. The molecule has 2 fully saturated rings. The van der Waals surface area contributed by atoms with E-state index in [1.807, 2.05) is 33.8 Å². The standard InChI is InChI=1S/C22H29N5O2/c1-25-11-13-26(14-12-25)21(28)15-17-5-7-19(8-6-17)24-22(29)20-9-10-23-27(20)16-18-3-2-4-18/h5-10,18H,2-4,11-16H2,1H3,(H,24,29). The van der Waals surface area contributed by atoms with Crippen molar-refractivity contribution in [2.45, 2.75) is 32.2 Å². The van der Waals surface area contributed by atoms with Gasteiger partial charge in [-0.2, -0.15) is 5.10 Å². The number of anilines is 1. The van der Waals surface area contributed by atoms with Crippen LogP contribution in [0.15, 0.2) is 36.5 Å². The SMILES string of the molecule is CN1CCN(C(=O)Cc2ccc(NC(=O)c3ccnn3CC3CCC3)cc2)CC1. The van der Waals surface area contributed by atoms with Crippen molar-refractivity contribution in [1.29, 1.82) is 0 Å². The van der Waals surface area contributed by atoms with Crippen LogP contribution in [0.25, 0.3) is 0 Å². The van der Waals surface area contributed by atoms with Crippen LogP contribution in [0.2, 0.25) is 0 Å². The number of piperazine rings is 1. The quantitative estimate of drug-likeness (QED) is 0.815. The first-order valence-electron chi connectivity index (χ1n) is 10.5. The predicted octanol–water partition coefficient (Wildman–Crippen LogP) is 2.25. The minimum atomic E-state index is -0.150. The zero-order chi connectivity index (χ0) is 20.2. The molecule has 0 atom stereocenters. The number of rotatable bonds is 6. The molecule has 0 bridgehead atoms. The third-order valence-electron chi connectivity index (χ3n) is 6.03. The van der Waals surface area contributed by atoms with E-state index in [9.17, 15) is 9.59 Å². The summed E-state index contributed by atoms with van der Waals surface area (Å²) in [4.78, 5) is 29.3. The molecule has 1 saturated heterocycles. The molecule has 29 heavy (non-hydrogen) atoms. The molecule has 2 aliphatic rings. The van der Waals surface area contributed by atoms with E-state index >= 15 is 0 Å². The number of nitrogens with zero attached hydrogens (tertiary/aromatic N) is 4. The van der Waals surface area contributed by atoms with Gasteiger partial charge in [0.25, 0.3) is 5.91 Å². The summed E-state index contributed by atoms with van der Waals surface area (Å²) in [5.41, 5.74) is 2.27. The Morgan fingerprint density at radius 3 is 2.45 bits per heavy atom. The first-order valence-corrected chi connectivity index (χ1v) is 10.5. The molecule has 0 unspecified atom stereocenters. The van der Waals surface area contributed by atoms with E-state index in [0.29, 0.717) is 18.0 Å². The summed E-state index contributed by atoms with van der Waals surface area (Å²) in [6, 6.07) is 9.30. The van der Waals surface area contributed by atoms with Crippen molar-refractivity contribution >= 4 is 17.5 Å². The lowest BCUT2D eigenvalue weighted by Gasteiger charge is -2.32. The van der Waals surface area contributed by atoms with Crippen LogP contribution in [0.4, 0.5) is 5.69 Å². The first-order chi connectivity index (χ1) is 14.1. The summed E-state index contributed by atoms with van der Waals surface area (Å²) in [6.45, 7) is 4.24. The summed E-state index contributed by atoms with van der Waals surface area (Å²) in [6.07, 6.45) is 5.79. The van der Waals surface area contributed by atoms with E-state index in [1.165, 1.54) is 19.3 Å². The van der Waals surface area contributed by atoms with E-state index in [1.54, 1.807) is 12.3 Å². The summed E-state index contributed by atoms with van der Waals surface area (Å²) < 4.78 is 1.81. The second-order valence-corrected chi connectivity index (χ2v) is 8.21. The molecule has 2 amide bonds. The average Bonchev–Trinajstić information content (AvgIpc) is 3.15.